The molecule has 0 atom stereocenters. The molecule has 2 N–H and O–H groups in total. The summed E-state index contributed by atoms with van der Waals surface area (Å²) in [7, 11) is 0. The van der Waals surface area contributed by atoms with Crippen LogP contribution in [0.4, 0.5) is 0 Å². The number of carbonyl (C=O) groups is 2. The minimum absolute atomic E-state index is 0.0616. The molecule has 0 bridgehead atoms. The quantitative estimate of drug-likeness (QED) is 0.836. The van der Waals surface area contributed by atoms with E-state index < -0.39 is 11.9 Å². The van der Waals surface area contributed by atoms with Gasteiger partial charge in [0, 0.05) is 12.8 Å². The maximum absolute atomic E-state index is 10.8. The van der Waals surface area contributed by atoms with Crippen molar-refractivity contribution in [2.24, 2.45) is 5.41 Å². The normalized spacial score (nSPS) is 15.6. The zero-order valence-electron chi connectivity index (χ0n) is 11.2. The Balaban J connectivity index is 2.20. The maximum Gasteiger partial charge on any atom is 0.303 e. The first-order valence-corrected chi connectivity index (χ1v) is 6.71. The van der Waals surface area contributed by atoms with Crippen LogP contribution < -0.4 is 0 Å². The summed E-state index contributed by atoms with van der Waals surface area (Å²) in [6.45, 7) is 0. The molecule has 0 aliphatic heterocycles. The van der Waals surface area contributed by atoms with Crippen molar-refractivity contribution in [1.29, 1.82) is 0 Å². The number of allylic oxidation sites excluding steroid dienone is 1. The van der Waals surface area contributed by atoms with Gasteiger partial charge >= 0.3 is 11.9 Å². The highest BCUT2D eigenvalue weighted by molar-refractivity contribution is 5.68. The van der Waals surface area contributed by atoms with Crippen molar-refractivity contribution in [3.63, 3.8) is 0 Å². The average molecular weight is 274 g/mol. The zero-order valence-corrected chi connectivity index (χ0v) is 11.2. The van der Waals surface area contributed by atoms with Crippen molar-refractivity contribution < 1.29 is 19.8 Å². The van der Waals surface area contributed by atoms with Gasteiger partial charge in [-0.05, 0) is 35.8 Å². The molecule has 20 heavy (non-hydrogen) atoms. The van der Waals surface area contributed by atoms with Gasteiger partial charge in [-0.2, -0.15) is 0 Å². The third kappa shape index (κ3) is 3.47. The molecule has 0 amide bonds. The number of rotatable bonds is 6. The standard InChI is InChI=1S/C16H18O4/c17-14(18)6-9-16(10-7-15(19)20)8-5-12-3-1-2-4-13(12)11-16/h1-5,8H,6-7,9-11H2,(H,17,18)(H,19,20). The van der Waals surface area contributed by atoms with Crippen molar-refractivity contribution in [3.05, 3.63) is 41.5 Å². The molecular formula is C16H18O4. The van der Waals surface area contributed by atoms with E-state index in [0.717, 1.165) is 11.1 Å². The lowest BCUT2D eigenvalue weighted by Gasteiger charge is -2.33. The molecule has 1 aliphatic rings. The number of carboxylic acid groups (broad SMARTS) is 2. The first-order chi connectivity index (χ1) is 9.51. The molecule has 0 heterocycles. The van der Waals surface area contributed by atoms with Crippen LogP contribution in [0, 0.1) is 5.41 Å². The van der Waals surface area contributed by atoms with Gasteiger partial charge in [0.05, 0.1) is 0 Å². The van der Waals surface area contributed by atoms with Crippen molar-refractivity contribution in [1.82, 2.24) is 0 Å². The molecule has 0 spiro atoms. The largest absolute Gasteiger partial charge is 0.481 e. The lowest BCUT2D eigenvalue weighted by molar-refractivity contribution is -0.137. The highest BCUT2D eigenvalue weighted by Crippen LogP contribution is 2.40. The van der Waals surface area contributed by atoms with Crippen LogP contribution in [0.3, 0.4) is 0 Å². The summed E-state index contributed by atoms with van der Waals surface area (Å²) < 4.78 is 0. The molecule has 106 valence electrons. The molecule has 1 aromatic rings. The molecule has 4 nitrogen and oxygen atoms in total. The van der Waals surface area contributed by atoms with Crippen molar-refractivity contribution in [3.8, 4) is 0 Å². The van der Waals surface area contributed by atoms with Crippen molar-refractivity contribution in [2.75, 3.05) is 0 Å². The molecule has 0 unspecified atom stereocenters. The van der Waals surface area contributed by atoms with E-state index in [1.54, 1.807) is 0 Å². The maximum atomic E-state index is 10.8. The Morgan fingerprint density at radius 3 is 2.25 bits per heavy atom. The Morgan fingerprint density at radius 1 is 1.05 bits per heavy atom. The van der Waals surface area contributed by atoms with Crippen molar-refractivity contribution in [2.45, 2.75) is 32.1 Å². The van der Waals surface area contributed by atoms with Crippen LogP contribution in [-0.2, 0) is 16.0 Å². The lowest BCUT2D eigenvalue weighted by Crippen LogP contribution is -2.26. The van der Waals surface area contributed by atoms with Gasteiger partial charge in [-0.1, -0.05) is 36.4 Å². The van der Waals surface area contributed by atoms with Crippen LogP contribution in [0.15, 0.2) is 30.3 Å². The molecule has 0 fully saturated rings. The number of benzene rings is 1. The minimum atomic E-state index is -0.841. The molecule has 4 heteroatoms. The second kappa shape index (κ2) is 5.90. The smallest absolute Gasteiger partial charge is 0.303 e. The van der Waals surface area contributed by atoms with Gasteiger partial charge in [-0.25, -0.2) is 0 Å². The average Bonchev–Trinajstić information content (AvgIpc) is 2.43. The van der Waals surface area contributed by atoms with Gasteiger partial charge in [0.1, 0.15) is 0 Å². The van der Waals surface area contributed by atoms with Gasteiger partial charge in [0.2, 0.25) is 0 Å². The predicted octanol–water partition coefficient (Wildman–Crippen LogP) is 2.97. The SMILES string of the molecule is O=C(O)CCC1(CCC(=O)O)C=Cc2ccccc2C1. The van der Waals surface area contributed by atoms with E-state index in [-0.39, 0.29) is 18.3 Å². The van der Waals surface area contributed by atoms with Crippen LogP contribution in [0.1, 0.15) is 36.8 Å². The second-order valence-electron chi connectivity index (χ2n) is 5.36. The lowest BCUT2D eigenvalue weighted by atomic mass is 9.70. The molecule has 0 saturated heterocycles. The fourth-order valence-corrected chi connectivity index (χ4v) is 2.74. The highest BCUT2D eigenvalue weighted by atomic mass is 16.4. The number of fused-ring (bicyclic) bond motifs is 1. The molecule has 0 saturated carbocycles. The van der Waals surface area contributed by atoms with E-state index in [9.17, 15) is 9.59 Å². The zero-order chi connectivity index (χ0) is 14.6. The first kappa shape index (κ1) is 14.3. The van der Waals surface area contributed by atoms with E-state index >= 15 is 0 Å². The first-order valence-electron chi connectivity index (χ1n) is 6.71. The van der Waals surface area contributed by atoms with E-state index in [1.807, 2.05) is 36.4 Å². The van der Waals surface area contributed by atoms with Crippen LogP contribution in [-0.4, -0.2) is 22.2 Å². The Labute approximate surface area is 117 Å². The predicted molar refractivity (Wildman–Crippen MR) is 75.4 cm³/mol. The van der Waals surface area contributed by atoms with Crippen molar-refractivity contribution >= 4 is 18.0 Å². The highest BCUT2D eigenvalue weighted by Gasteiger charge is 2.31. The Kier molecular flexibility index (Phi) is 4.23. The topological polar surface area (TPSA) is 74.6 Å². The molecule has 0 aromatic heterocycles. The monoisotopic (exact) mass is 274 g/mol. The minimum Gasteiger partial charge on any atom is -0.481 e. The molecular weight excluding hydrogens is 256 g/mol. The van der Waals surface area contributed by atoms with E-state index in [4.69, 9.17) is 10.2 Å². The fourth-order valence-electron chi connectivity index (χ4n) is 2.74. The van der Waals surface area contributed by atoms with E-state index in [0.29, 0.717) is 19.3 Å². The second-order valence-corrected chi connectivity index (χ2v) is 5.36. The van der Waals surface area contributed by atoms with Gasteiger partial charge in [0.15, 0.2) is 0 Å². The third-order valence-electron chi connectivity index (χ3n) is 3.89. The van der Waals surface area contributed by atoms with Gasteiger partial charge in [0.25, 0.3) is 0 Å². The third-order valence-corrected chi connectivity index (χ3v) is 3.89. The summed E-state index contributed by atoms with van der Waals surface area (Å²) in [5.74, 6) is -1.68. The number of aliphatic carboxylic acids is 2. The van der Waals surface area contributed by atoms with Crippen LogP contribution >= 0.6 is 0 Å². The molecule has 0 radical (unpaired) electrons. The Morgan fingerprint density at radius 2 is 1.65 bits per heavy atom. The van der Waals surface area contributed by atoms with Crippen LogP contribution in [0.5, 0.6) is 0 Å². The number of carboxylic acids is 2. The Bertz CT molecular complexity index is 527. The molecule has 1 aliphatic carbocycles. The van der Waals surface area contributed by atoms with Gasteiger partial charge < -0.3 is 10.2 Å². The number of hydrogen-bond acceptors (Lipinski definition) is 2. The summed E-state index contributed by atoms with van der Waals surface area (Å²) in [6, 6.07) is 7.96. The summed E-state index contributed by atoms with van der Waals surface area (Å²) in [5, 5.41) is 17.8. The summed E-state index contributed by atoms with van der Waals surface area (Å²) in [6.07, 6.45) is 5.77. The molecule has 2 rings (SSSR count). The summed E-state index contributed by atoms with van der Waals surface area (Å²) in [4.78, 5) is 21.7. The molecule has 1 aromatic carbocycles. The van der Waals surface area contributed by atoms with Crippen LogP contribution in [0.25, 0.3) is 6.08 Å². The summed E-state index contributed by atoms with van der Waals surface area (Å²) >= 11 is 0. The number of hydrogen-bond donors (Lipinski definition) is 2. The van der Waals surface area contributed by atoms with E-state index in [1.165, 1.54) is 0 Å². The van der Waals surface area contributed by atoms with Gasteiger partial charge in [-0.15, -0.1) is 0 Å². The van der Waals surface area contributed by atoms with Gasteiger partial charge in [-0.3, -0.25) is 9.59 Å². The Hall–Kier alpha value is -2.10. The van der Waals surface area contributed by atoms with Crippen LogP contribution in [0.2, 0.25) is 0 Å². The van der Waals surface area contributed by atoms with E-state index in [2.05, 4.69) is 0 Å². The summed E-state index contributed by atoms with van der Waals surface area (Å²) in [5.41, 5.74) is 1.94. The fraction of sp³-hybridized carbons (Fsp3) is 0.375.